The monoisotopic (exact) mass is 493 g/mol. The number of benzene rings is 3. The number of nitrogens with one attached hydrogen (secondary N) is 1. The van der Waals surface area contributed by atoms with Crippen LogP contribution in [0.1, 0.15) is 5.56 Å². The van der Waals surface area contributed by atoms with Crippen LogP contribution in [0.5, 0.6) is 0 Å². The lowest BCUT2D eigenvalue weighted by Crippen LogP contribution is -2.22. The van der Waals surface area contributed by atoms with Crippen LogP contribution in [0.15, 0.2) is 76.7 Å². The van der Waals surface area contributed by atoms with Crippen molar-refractivity contribution in [2.75, 3.05) is 11.1 Å². The summed E-state index contributed by atoms with van der Waals surface area (Å²) in [5.74, 6) is -0.744. The summed E-state index contributed by atoms with van der Waals surface area (Å²) < 4.78 is 17.3. The largest absolute Gasteiger partial charge is 0.323 e. The number of nitrogens with zero attached hydrogens (tertiary/aromatic N) is 4. The predicted molar refractivity (Wildman–Crippen MR) is 132 cm³/mol. The van der Waals surface area contributed by atoms with Crippen LogP contribution in [0.4, 0.5) is 10.1 Å². The SMILES string of the molecule is Cc1ccc(-n2c(=O)c3ccccc3n3c(SCC(=O)Nc4ccc(Cl)cc4F)nnc23)cc1. The number of fused-ring (bicyclic) bond motifs is 3. The Morgan fingerprint density at radius 1 is 1.09 bits per heavy atom. The Balaban J connectivity index is 1.53. The van der Waals surface area contributed by atoms with Crippen molar-refractivity contribution in [2.45, 2.75) is 12.1 Å². The first-order valence-corrected chi connectivity index (χ1v) is 11.6. The maximum Gasteiger partial charge on any atom is 0.267 e. The quantitative estimate of drug-likeness (QED) is 0.353. The third kappa shape index (κ3) is 4.04. The van der Waals surface area contributed by atoms with E-state index in [0.717, 1.165) is 23.4 Å². The molecule has 7 nitrogen and oxygen atoms in total. The fraction of sp³-hybridized carbons (Fsp3) is 0.0833. The summed E-state index contributed by atoms with van der Waals surface area (Å²) in [4.78, 5) is 25.8. The molecule has 0 saturated heterocycles. The van der Waals surface area contributed by atoms with Crippen LogP contribution < -0.4 is 10.9 Å². The van der Waals surface area contributed by atoms with Crippen molar-refractivity contribution in [3.63, 3.8) is 0 Å². The molecule has 0 fully saturated rings. The zero-order valence-corrected chi connectivity index (χ0v) is 19.4. The second kappa shape index (κ2) is 8.92. The Morgan fingerprint density at radius 3 is 2.62 bits per heavy atom. The first-order chi connectivity index (χ1) is 16.4. The molecule has 0 aliphatic rings. The molecule has 0 bridgehead atoms. The number of thioether (sulfide) groups is 1. The number of carbonyl (C=O) groups is 1. The van der Waals surface area contributed by atoms with E-state index in [9.17, 15) is 14.0 Å². The molecule has 2 aromatic heterocycles. The van der Waals surface area contributed by atoms with Gasteiger partial charge in [-0.25, -0.2) is 8.96 Å². The molecule has 10 heteroatoms. The van der Waals surface area contributed by atoms with Gasteiger partial charge >= 0.3 is 0 Å². The van der Waals surface area contributed by atoms with E-state index in [0.29, 0.717) is 27.5 Å². The molecule has 0 unspecified atom stereocenters. The van der Waals surface area contributed by atoms with E-state index in [1.807, 2.05) is 37.3 Å². The summed E-state index contributed by atoms with van der Waals surface area (Å²) in [5, 5.41) is 12.2. The average Bonchev–Trinajstić information content (AvgIpc) is 3.25. The summed E-state index contributed by atoms with van der Waals surface area (Å²) in [6.07, 6.45) is 0. The highest BCUT2D eigenvalue weighted by Crippen LogP contribution is 2.24. The van der Waals surface area contributed by atoms with E-state index in [4.69, 9.17) is 11.6 Å². The van der Waals surface area contributed by atoms with Gasteiger partial charge in [0.05, 0.1) is 28.0 Å². The number of hydrogen-bond acceptors (Lipinski definition) is 5. The summed E-state index contributed by atoms with van der Waals surface area (Å²) in [6.45, 7) is 1.97. The Morgan fingerprint density at radius 2 is 1.85 bits per heavy atom. The van der Waals surface area contributed by atoms with Gasteiger partial charge in [-0.3, -0.25) is 14.0 Å². The van der Waals surface area contributed by atoms with Gasteiger partial charge < -0.3 is 5.32 Å². The van der Waals surface area contributed by atoms with E-state index in [-0.39, 0.29) is 22.0 Å². The van der Waals surface area contributed by atoms with Gasteiger partial charge in [0.1, 0.15) is 5.82 Å². The standard InChI is InChI=1S/C24H17ClFN5O2S/c1-14-6-9-16(10-7-14)30-22(33)17-4-2-3-5-20(17)31-23(30)28-29-24(31)34-13-21(32)27-19-11-8-15(25)12-18(19)26/h2-12H,13H2,1H3,(H,27,32). The normalized spacial score (nSPS) is 11.3. The fourth-order valence-corrected chi connectivity index (χ4v) is 4.50. The predicted octanol–water partition coefficient (Wildman–Crippen LogP) is 4.87. The maximum absolute atomic E-state index is 14.0. The van der Waals surface area contributed by atoms with Crippen molar-refractivity contribution in [2.24, 2.45) is 0 Å². The first-order valence-electron chi connectivity index (χ1n) is 10.3. The van der Waals surface area contributed by atoms with Crippen LogP contribution in [0.2, 0.25) is 5.02 Å². The first kappa shape index (κ1) is 22.1. The Kier molecular flexibility index (Phi) is 5.80. The van der Waals surface area contributed by atoms with E-state index in [1.54, 1.807) is 22.6 Å². The fourth-order valence-electron chi connectivity index (χ4n) is 3.61. The second-order valence-electron chi connectivity index (χ2n) is 7.57. The van der Waals surface area contributed by atoms with Gasteiger partial charge in [-0.15, -0.1) is 10.2 Å². The molecule has 2 heterocycles. The summed E-state index contributed by atoms with van der Waals surface area (Å²) in [7, 11) is 0. The third-order valence-corrected chi connectivity index (χ3v) is 6.39. The van der Waals surface area contributed by atoms with Gasteiger partial charge in [-0.1, -0.05) is 53.2 Å². The molecule has 0 aliphatic heterocycles. The van der Waals surface area contributed by atoms with E-state index in [2.05, 4.69) is 15.5 Å². The highest BCUT2D eigenvalue weighted by molar-refractivity contribution is 7.99. The molecule has 0 spiro atoms. The molecule has 0 aliphatic carbocycles. The van der Waals surface area contributed by atoms with Gasteiger partial charge in [0.2, 0.25) is 11.7 Å². The zero-order chi connectivity index (χ0) is 23.8. The molecule has 5 rings (SSSR count). The van der Waals surface area contributed by atoms with Gasteiger partial charge in [0.25, 0.3) is 5.56 Å². The lowest BCUT2D eigenvalue weighted by molar-refractivity contribution is -0.113. The summed E-state index contributed by atoms with van der Waals surface area (Å²) in [6, 6.07) is 18.7. The van der Waals surface area contributed by atoms with Gasteiger partial charge in [0, 0.05) is 5.02 Å². The number of rotatable bonds is 5. The molecule has 34 heavy (non-hydrogen) atoms. The number of anilines is 1. The van der Waals surface area contributed by atoms with Gasteiger partial charge in [0.15, 0.2) is 5.16 Å². The molecule has 170 valence electrons. The minimum atomic E-state index is -0.619. The number of amides is 1. The zero-order valence-electron chi connectivity index (χ0n) is 17.8. The van der Waals surface area contributed by atoms with Crippen molar-refractivity contribution >= 4 is 51.6 Å². The third-order valence-electron chi connectivity index (χ3n) is 5.22. The highest BCUT2D eigenvalue weighted by atomic mass is 35.5. The number of hydrogen-bond donors (Lipinski definition) is 1. The second-order valence-corrected chi connectivity index (χ2v) is 8.95. The smallest absolute Gasteiger partial charge is 0.267 e. The van der Waals surface area contributed by atoms with Gasteiger partial charge in [-0.05, 0) is 49.4 Å². The summed E-state index contributed by atoms with van der Waals surface area (Å²) in [5.41, 5.74) is 2.18. The van der Waals surface area contributed by atoms with E-state index in [1.165, 1.54) is 16.7 Å². The minimum absolute atomic E-state index is 0.0408. The number of carbonyl (C=O) groups excluding carboxylic acids is 1. The van der Waals surface area contributed by atoms with Crippen molar-refractivity contribution < 1.29 is 9.18 Å². The summed E-state index contributed by atoms with van der Waals surface area (Å²) >= 11 is 6.90. The van der Waals surface area contributed by atoms with Crippen LogP contribution in [0.3, 0.4) is 0 Å². The molecular weight excluding hydrogens is 477 g/mol. The molecule has 0 atom stereocenters. The molecule has 5 aromatic rings. The Hall–Kier alpha value is -3.69. The van der Waals surface area contributed by atoms with E-state index < -0.39 is 11.7 Å². The lowest BCUT2D eigenvalue weighted by atomic mass is 10.2. The lowest BCUT2D eigenvalue weighted by Gasteiger charge is -2.11. The highest BCUT2D eigenvalue weighted by Gasteiger charge is 2.19. The number of halogens is 2. The van der Waals surface area contributed by atoms with Crippen LogP contribution in [-0.2, 0) is 4.79 Å². The Bertz CT molecular complexity index is 1610. The molecule has 0 saturated carbocycles. The van der Waals surface area contributed by atoms with Crippen molar-refractivity contribution in [1.29, 1.82) is 0 Å². The maximum atomic E-state index is 14.0. The molecule has 0 radical (unpaired) electrons. The van der Waals surface area contributed by atoms with Gasteiger partial charge in [-0.2, -0.15) is 0 Å². The van der Waals surface area contributed by atoms with Crippen LogP contribution in [-0.4, -0.2) is 30.8 Å². The number of aromatic nitrogens is 4. The van der Waals surface area contributed by atoms with Crippen molar-refractivity contribution in [1.82, 2.24) is 19.2 Å². The molecule has 1 amide bonds. The molecule has 3 aromatic carbocycles. The van der Waals surface area contributed by atoms with Crippen LogP contribution >= 0.6 is 23.4 Å². The molecular formula is C24H17ClFN5O2S. The minimum Gasteiger partial charge on any atom is -0.323 e. The topological polar surface area (TPSA) is 81.3 Å². The Labute approximate surface area is 202 Å². The van der Waals surface area contributed by atoms with Crippen molar-refractivity contribution in [3.8, 4) is 5.69 Å². The van der Waals surface area contributed by atoms with E-state index >= 15 is 0 Å². The van der Waals surface area contributed by atoms with Crippen LogP contribution in [0, 0.1) is 12.7 Å². The van der Waals surface area contributed by atoms with Crippen LogP contribution in [0.25, 0.3) is 22.4 Å². The van der Waals surface area contributed by atoms with Crippen molar-refractivity contribution in [3.05, 3.63) is 93.5 Å². The average molecular weight is 494 g/mol. The number of para-hydroxylation sites is 1. The molecule has 1 N–H and O–H groups in total. The number of aryl methyl sites for hydroxylation is 1.